The zero-order chi connectivity index (χ0) is 22.7. The van der Waals surface area contributed by atoms with E-state index in [-0.39, 0.29) is 12.4 Å². The van der Waals surface area contributed by atoms with E-state index >= 15 is 0 Å². The SMILES string of the molecule is Cc1ccc(/C([O-])=C(/C(=S)Nc2cccc3ccccc23)[n+]2cccc(CO)c2)cc1C. The second-order valence-electron chi connectivity index (χ2n) is 7.74. The van der Waals surface area contributed by atoms with Crippen LogP contribution in [0.3, 0.4) is 0 Å². The minimum atomic E-state index is -0.189. The molecule has 5 heteroatoms. The van der Waals surface area contributed by atoms with Gasteiger partial charge in [-0.25, -0.2) is 0 Å². The molecule has 3 aromatic carbocycles. The van der Waals surface area contributed by atoms with Gasteiger partial charge in [-0.1, -0.05) is 66.8 Å². The van der Waals surface area contributed by atoms with Gasteiger partial charge in [0.15, 0.2) is 17.4 Å². The number of nitrogens with zero attached hydrogens (tertiary/aromatic N) is 1. The van der Waals surface area contributed by atoms with Crippen LogP contribution in [0.2, 0.25) is 0 Å². The van der Waals surface area contributed by atoms with E-state index in [9.17, 15) is 10.2 Å². The van der Waals surface area contributed by atoms with Gasteiger partial charge in [0.1, 0.15) is 0 Å². The van der Waals surface area contributed by atoms with Gasteiger partial charge >= 0.3 is 0 Å². The van der Waals surface area contributed by atoms with Crippen molar-refractivity contribution in [1.29, 1.82) is 0 Å². The lowest BCUT2D eigenvalue weighted by Gasteiger charge is -2.18. The van der Waals surface area contributed by atoms with E-state index < -0.39 is 0 Å². The standard InChI is InChI=1S/C27H24N2O2S/c1-18-12-13-22(15-19(18)2)26(31)25(29-14-6-7-20(16-29)17-30)27(32)28-24-11-5-9-21-8-3-4-10-23(21)24/h3-16,30H,17H2,1-2H3,(H-,28,31,32). The lowest BCUT2D eigenvalue weighted by atomic mass is 10.0. The van der Waals surface area contributed by atoms with Crippen molar-refractivity contribution in [2.24, 2.45) is 0 Å². The number of hydrogen-bond donors (Lipinski definition) is 2. The van der Waals surface area contributed by atoms with Crippen molar-refractivity contribution in [2.45, 2.75) is 20.5 Å². The third kappa shape index (κ3) is 4.40. The first-order valence-electron chi connectivity index (χ1n) is 10.4. The molecule has 0 saturated carbocycles. The second-order valence-corrected chi connectivity index (χ2v) is 8.14. The number of anilines is 1. The fourth-order valence-electron chi connectivity index (χ4n) is 3.63. The van der Waals surface area contributed by atoms with Crippen LogP contribution in [0.15, 0.2) is 85.2 Å². The number of aryl methyl sites for hydroxylation is 2. The molecule has 32 heavy (non-hydrogen) atoms. The Balaban J connectivity index is 1.84. The summed E-state index contributed by atoms with van der Waals surface area (Å²) in [5, 5.41) is 28.6. The van der Waals surface area contributed by atoms with E-state index in [1.807, 2.05) is 74.5 Å². The summed E-state index contributed by atoms with van der Waals surface area (Å²) in [6.45, 7) is 3.87. The Hall–Kier alpha value is -3.54. The molecule has 160 valence electrons. The van der Waals surface area contributed by atoms with Crippen molar-refractivity contribution in [3.8, 4) is 0 Å². The van der Waals surface area contributed by atoms with Gasteiger partial charge in [0.05, 0.1) is 6.61 Å². The molecular weight excluding hydrogens is 416 g/mol. The molecule has 0 atom stereocenters. The Morgan fingerprint density at radius 2 is 1.75 bits per heavy atom. The number of benzene rings is 3. The molecule has 0 spiro atoms. The average molecular weight is 441 g/mol. The first-order chi connectivity index (χ1) is 15.5. The van der Waals surface area contributed by atoms with Crippen LogP contribution in [0, 0.1) is 13.8 Å². The van der Waals surface area contributed by atoms with E-state index in [1.165, 1.54) is 0 Å². The molecule has 0 amide bonds. The molecule has 0 aliphatic carbocycles. The molecule has 0 unspecified atom stereocenters. The number of rotatable bonds is 5. The van der Waals surface area contributed by atoms with Gasteiger partial charge in [-0.3, -0.25) is 0 Å². The third-order valence-corrected chi connectivity index (χ3v) is 5.84. The zero-order valence-corrected chi connectivity index (χ0v) is 18.8. The van der Waals surface area contributed by atoms with Crippen LogP contribution < -0.4 is 15.0 Å². The Labute approximate surface area is 193 Å². The zero-order valence-electron chi connectivity index (χ0n) is 18.0. The maximum absolute atomic E-state index is 13.7. The van der Waals surface area contributed by atoms with Gasteiger partial charge in [0.25, 0.3) is 0 Å². The Bertz CT molecular complexity index is 1340. The van der Waals surface area contributed by atoms with Crippen LogP contribution in [0.25, 0.3) is 22.2 Å². The molecule has 2 N–H and O–H groups in total. The normalized spacial score (nSPS) is 11.8. The summed E-state index contributed by atoms with van der Waals surface area (Å²) >= 11 is 5.76. The maximum Gasteiger partial charge on any atom is 0.238 e. The van der Waals surface area contributed by atoms with Crippen molar-refractivity contribution < 1.29 is 14.8 Å². The highest BCUT2D eigenvalue weighted by Crippen LogP contribution is 2.25. The molecule has 0 fully saturated rings. The smallest absolute Gasteiger partial charge is 0.238 e. The molecular formula is C27H24N2O2S. The number of nitrogens with one attached hydrogen (secondary N) is 1. The van der Waals surface area contributed by atoms with E-state index in [0.29, 0.717) is 21.8 Å². The van der Waals surface area contributed by atoms with Crippen LogP contribution in [-0.2, 0) is 6.61 Å². The Morgan fingerprint density at radius 3 is 2.53 bits per heavy atom. The van der Waals surface area contributed by atoms with Crippen LogP contribution in [0.5, 0.6) is 0 Å². The first-order valence-corrected chi connectivity index (χ1v) is 10.8. The highest BCUT2D eigenvalue weighted by molar-refractivity contribution is 7.81. The van der Waals surface area contributed by atoms with Crippen LogP contribution in [0.1, 0.15) is 22.3 Å². The molecule has 1 aromatic heterocycles. The molecule has 0 radical (unpaired) electrons. The first kappa shape index (κ1) is 21.7. The summed E-state index contributed by atoms with van der Waals surface area (Å²) in [6.07, 6.45) is 3.50. The Kier molecular flexibility index (Phi) is 6.30. The second kappa shape index (κ2) is 9.30. The number of aliphatic hydroxyl groups is 1. The third-order valence-electron chi connectivity index (χ3n) is 5.54. The van der Waals surface area contributed by atoms with E-state index in [2.05, 4.69) is 5.32 Å². The van der Waals surface area contributed by atoms with Crippen molar-refractivity contribution in [3.63, 3.8) is 0 Å². The minimum absolute atomic E-state index is 0.130. The summed E-state index contributed by atoms with van der Waals surface area (Å²) in [7, 11) is 0. The lowest BCUT2D eigenvalue weighted by Crippen LogP contribution is -2.40. The molecule has 0 aliphatic heterocycles. The van der Waals surface area contributed by atoms with Gasteiger partial charge in [0, 0.05) is 22.7 Å². The van der Waals surface area contributed by atoms with Crippen molar-refractivity contribution in [3.05, 3.63) is 107 Å². The minimum Gasteiger partial charge on any atom is -0.867 e. The van der Waals surface area contributed by atoms with Gasteiger partial charge < -0.3 is 15.5 Å². The molecule has 0 aliphatic rings. The van der Waals surface area contributed by atoms with E-state index in [0.717, 1.165) is 27.6 Å². The highest BCUT2D eigenvalue weighted by atomic mass is 32.1. The summed E-state index contributed by atoms with van der Waals surface area (Å²) in [6, 6.07) is 23.2. The molecule has 4 aromatic rings. The number of aromatic nitrogens is 1. The number of pyridine rings is 1. The monoisotopic (exact) mass is 440 g/mol. The lowest BCUT2D eigenvalue weighted by molar-refractivity contribution is -0.578. The number of thiocarbonyl (C=S) groups is 1. The topological polar surface area (TPSA) is 59.2 Å². The quantitative estimate of drug-likeness (QED) is 0.210. The summed E-state index contributed by atoms with van der Waals surface area (Å²) < 4.78 is 1.68. The fraction of sp³-hybridized carbons (Fsp3) is 0.111. The summed E-state index contributed by atoms with van der Waals surface area (Å²) in [4.78, 5) is 0.310. The van der Waals surface area contributed by atoms with Crippen LogP contribution in [-0.4, -0.2) is 10.1 Å². The van der Waals surface area contributed by atoms with Crippen molar-refractivity contribution in [1.82, 2.24) is 0 Å². The van der Waals surface area contributed by atoms with E-state index in [1.54, 1.807) is 29.1 Å². The van der Waals surface area contributed by atoms with Gasteiger partial charge in [-0.05, 0) is 53.8 Å². The van der Waals surface area contributed by atoms with Crippen LogP contribution >= 0.6 is 12.2 Å². The molecule has 4 nitrogen and oxygen atoms in total. The Morgan fingerprint density at radius 1 is 0.969 bits per heavy atom. The van der Waals surface area contributed by atoms with Gasteiger partial charge in [-0.15, -0.1) is 0 Å². The maximum atomic E-state index is 13.7. The number of hydrogen-bond acceptors (Lipinski definition) is 3. The summed E-state index contributed by atoms with van der Waals surface area (Å²) in [5.41, 5.74) is 4.56. The van der Waals surface area contributed by atoms with E-state index in [4.69, 9.17) is 12.2 Å². The van der Waals surface area contributed by atoms with Crippen molar-refractivity contribution in [2.75, 3.05) is 5.32 Å². The number of aliphatic hydroxyl groups excluding tert-OH is 1. The van der Waals surface area contributed by atoms with Gasteiger partial charge in [0.2, 0.25) is 5.70 Å². The van der Waals surface area contributed by atoms with Gasteiger partial charge in [-0.2, -0.15) is 4.57 Å². The number of fused-ring (bicyclic) bond motifs is 1. The molecule has 4 rings (SSSR count). The predicted molar refractivity (Wildman–Crippen MR) is 132 cm³/mol. The van der Waals surface area contributed by atoms with Crippen molar-refractivity contribution >= 4 is 45.1 Å². The fourth-order valence-corrected chi connectivity index (χ4v) is 3.94. The summed E-state index contributed by atoms with van der Waals surface area (Å²) in [5.74, 6) is -0.189. The molecule has 1 heterocycles. The highest BCUT2D eigenvalue weighted by Gasteiger charge is 2.20. The van der Waals surface area contributed by atoms with Crippen LogP contribution in [0.4, 0.5) is 5.69 Å². The molecule has 0 bridgehead atoms. The predicted octanol–water partition coefficient (Wildman–Crippen LogP) is 4.36. The largest absolute Gasteiger partial charge is 0.867 e. The average Bonchev–Trinajstić information content (AvgIpc) is 2.81. The molecule has 0 saturated heterocycles.